The Morgan fingerprint density at radius 1 is 0.977 bits per heavy atom. The molecule has 0 unspecified atom stereocenters. The minimum Gasteiger partial charge on any atom is -0.508 e. The number of nitrogens with one attached hydrogen (secondary N) is 1. The predicted octanol–water partition coefficient (Wildman–Crippen LogP) is 6.18. The first-order valence-electron chi connectivity index (χ1n) is 15.6. The molecule has 0 bridgehead atoms. The molecule has 9 nitrogen and oxygen atoms in total. The highest BCUT2D eigenvalue weighted by Gasteiger charge is 2.37. The largest absolute Gasteiger partial charge is 0.508 e. The van der Waals surface area contributed by atoms with Crippen LogP contribution in [0.15, 0.2) is 36.4 Å². The highest BCUT2D eigenvalue weighted by Crippen LogP contribution is 2.38. The number of carbonyl (C=O) groups is 2. The van der Waals surface area contributed by atoms with E-state index in [2.05, 4.69) is 61.1 Å². The highest BCUT2D eigenvalue weighted by atomic mass is 28.4. The fraction of sp³-hybridized carbons (Fsp3) is 0.529. The number of amides is 1. The number of nitrogens with zero attached hydrogens (tertiary/aromatic N) is 3. The number of ether oxygens (including phenoxy) is 1. The summed E-state index contributed by atoms with van der Waals surface area (Å²) >= 11 is 0. The Hall–Kier alpha value is -3.18. The van der Waals surface area contributed by atoms with Crippen molar-refractivity contribution in [1.29, 1.82) is 0 Å². The van der Waals surface area contributed by atoms with Gasteiger partial charge in [0.2, 0.25) is 0 Å². The fourth-order valence-corrected chi connectivity index (χ4v) is 6.72. The summed E-state index contributed by atoms with van der Waals surface area (Å²) in [5.41, 5.74) is 3.26. The van der Waals surface area contributed by atoms with Crippen molar-refractivity contribution in [2.24, 2.45) is 0 Å². The van der Waals surface area contributed by atoms with Crippen molar-refractivity contribution in [3.05, 3.63) is 53.1 Å². The smallest absolute Gasteiger partial charge is 0.419 e. The van der Waals surface area contributed by atoms with Crippen LogP contribution in [-0.4, -0.2) is 84.7 Å². The average Bonchev–Trinajstić information content (AvgIpc) is 3.50. The molecule has 0 spiro atoms. The number of aromatic hydroxyl groups is 1. The Bertz CT molecular complexity index is 1560. The molecule has 0 radical (unpaired) electrons. The second-order valence-electron chi connectivity index (χ2n) is 14.6. The van der Waals surface area contributed by atoms with Crippen LogP contribution in [0.2, 0.25) is 18.1 Å². The Morgan fingerprint density at radius 2 is 1.66 bits per heavy atom. The van der Waals surface area contributed by atoms with Gasteiger partial charge < -0.3 is 19.6 Å². The standard InChI is InChI=1S/C34H48N4O5Si/c1-33(2,3)43-32(41)38-27-11-9-23(22-37-15-13-36(14-16-37)17-18-42-44(7,8)34(4,5)6)19-24(27)20-28(38)25-10-12-29(39)26-21-35-31(40)30(25)26/h9-12,19-20,39H,13-18,21-22H2,1-8H3,(H,35,40). The summed E-state index contributed by atoms with van der Waals surface area (Å²) in [5, 5.41) is 14.3. The van der Waals surface area contributed by atoms with Gasteiger partial charge in [0.1, 0.15) is 11.4 Å². The Kier molecular flexibility index (Phi) is 8.76. The van der Waals surface area contributed by atoms with Gasteiger partial charge in [-0.05, 0) is 74.8 Å². The second-order valence-corrected chi connectivity index (χ2v) is 19.4. The van der Waals surface area contributed by atoms with E-state index in [-0.39, 0.29) is 23.2 Å². The Morgan fingerprint density at radius 3 is 2.32 bits per heavy atom. The van der Waals surface area contributed by atoms with Gasteiger partial charge in [0.15, 0.2) is 8.32 Å². The number of carbonyl (C=O) groups excluding carboxylic acids is 2. The Labute approximate surface area is 262 Å². The van der Waals surface area contributed by atoms with Crippen LogP contribution in [0.4, 0.5) is 4.79 Å². The lowest BCUT2D eigenvalue weighted by Crippen LogP contribution is -2.48. The van der Waals surface area contributed by atoms with Crippen molar-refractivity contribution in [3.63, 3.8) is 0 Å². The van der Waals surface area contributed by atoms with Crippen LogP contribution in [0.5, 0.6) is 5.75 Å². The molecule has 10 heteroatoms. The van der Waals surface area contributed by atoms with Crippen molar-refractivity contribution in [1.82, 2.24) is 19.7 Å². The van der Waals surface area contributed by atoms with Crippen molar-refractivity contribution in [2.45, 2.75) is 78.4 Å². The first kappa shape index (κ1) is 32.2. The first-order chi connectivity index (χ1) is 20.5. The second kappa shape index (κ2) is 12.0. The van der Waals surface area contributed by atoms with Crippen LogP contribution in [0.1, 0.15) is 63.0 Å². The molecule has 2 aliphatic heterocycles. The van der Waals surface area contributed by atoms with Crippen LogP contribution in [0, 0.1) is 0 Å². The molecule has 2 aromatic carbocycles. The zero-order chi connectivity index (χ0) is 32.0. The minimum absolute atomic E-state index is 0.0625. The zero-order valence-corrected chi connectivity index (χ0v) is 28.5. The topological polar surface area (TPSA) is 96.3 Å². The van der Waals surface area contributed by atoms with Gasteiger partial charge in [-0.3, -0.25) is 14.6 Å². The van der Waals surface area contributed by atoms with E-state index in [1.165, 1.54) is 0 Å². The van der Waals surface area contributed by atoms with E-state index in [4.69, 9.17) is 9.16 Å². The van der Waals surface area contributed by atoms with E-state index in [1.807, 2.05) is 32.9 Å². The molecule has 0 saturated carbocycles. The molecule has 3 aromatic rings. The van der Waals surface area contributed by atoms with Crippen molar-refractivity contribution >= 4 is 31.2 Å². The van der Waals surface area contributed by atoms with Gasteiger partial charge in [-0.2, -0.15) is 0 Å². The number of rotatable bonds is 7. The molecule has 238 valence electrons. The third-order valence-electron chi connectivity index (χ3n) is 9.21. The number of hydrogen-bond donors (Lipinski definition) is 2. The number of phenols is 1. The van der Waals surface area contributed by atoms with Crippen LogP contribution in [0.3, 0.4) is 0 Å². The quantitative estimate of drug-likeness (QED) is 0.305. The first-order valence-corrected chi connectivity index (χ1v) is 18.5. The molecule has 1 saturated heterocycles. The molecule has 0 atom stereocenters. The minimum atomic E-state index is -1.73. The molecular formula is C34H48N4O5Si. The van der Waals surface area contributed by atoms with Gasteiger partial charge in [-0.1, -0.05) is 26.8 Å². The molecule has 2 aliphatic rings. The summed E-state index contributed by atoms with van der Waals surface area (Å²) < 4.78 is 13.7. The normalized spacial score (nSPS) is 16.8. The van der Waals surface area contributed by atoms with Gasteiger partial charge >= 0.3 is 6.09 Å². The Balaban J connectivity index is 1.34. The summed E-state index contributed by atoms with van der Waals surface area (Å²) in [4.78, 5) is 31.3. The zero-order valence-electron chi connectivity index (χ0n) is 27.5. The molecule has 3 heterocycles. The van der Waals surface area contributed by atoms with E-state index in [1.54, 1.807) is 16.7 Å². The third-order valence-corrected chi connectivity index (χ3v) is 13.7. The number of piperazine rings is 1. The maximum Gasteiger partial charge on any atom is 0.419 e. The third kappa shape index (κ3) is 6.73. The number of phenolic OH excluding ortho intramolecular Hbond substituents is 1. The van der Waals surface area contributed by atoms with Gasteiger partial charge in [-0.15, -0.1) is 0 Å². The van der Waals surface area contributed by atoms with Crippen LogP contribution in [0.25, 0.3) is 22.2 Å². The van der Waals surface area contributed by atoms with E-state index in [0.29, 0.717) is 27.9 Å². The molecule has 5 rings (SSSR count). The highest BCUT2D eigenvalue weighted by molar-refractivity contribution is 6.74. The lowest BCUT2D eigenvalue weighted by Gasteiger charge is -2.38. The van der Waals surface area contributed by atoms with Crippen molar-refractivity contribution < 1.29 is 23.9 Å². The number of fused-ring (bicyclic) bond motifs is 2. The van der Waals surface area contributed by atoms with Crippen LogP contribution < -0.4 is 5.32 Å². The molecule has 44 heavy (non-hydrogen) atoms. The lowest BCUT2D eigenvalue weighted by molar-refractivity contribution is 0.0547. The monoisotopic (exact) mass is 620 g/mol. The maximum atomic E-state index is 13.6. The summed E-state index contributed by atoms with van der Waals surface area (Å²) in [7, 11) is -1.73. The molecule has 1 aromatic heterocycles. The van der Waals surface area contributed by atoms with Gasteiger partial charge in [0.25, 0.3) is 5.91 Å². The van der Waals surface area contributed by atoms with E-state index in [0.717, 1.165) is 56.8 Å². The average molecular weight is 621 g/mol. The molecule has 1 fully saturated rings. The van der Waals surface area contributed by atoms with E-state index < -0.39 is 20.0 Å². The van der Waals surface area contributed by atoms with Crippen molar-refractivity contribution in [2.75, 3.05) is 39.3 Å². The summed E-state index contributed by atoms with van der Waals surface area (Å²) in [6, 6.07) is 11.4. The van der Waals surface area contributed by atoms with Gasteiger partial charge in [0, 0.05) is 68.9 Å². The fourth-order valence-electron chi connectivity index (χ4n) is 5.69. The molecule has 1 amide bonds. The van der Waals surface area contributed by atoms with E-state index in [9.17, 15) is 14.7 Å². The van der Waals surface area contributed by atoms with Gasteiger partial charge in [-0.25, -0.2) is 9.36 Å². The summed E-state index contributed by atoms with van der Waals surface area (Å²) in [5.74, 6) is -0.203. The molecular weight excluding hydrogens is 572 g/mol. The maximum absolute atomic E-state index is 13.6. The molecule has 2 N–H and O–H groups in total. The summed E-state index contributed by atoms with van der Waals surface area (Å²) in [6.45, 7) is 23.8. The predicted molar refractivity (Wildman–Crippen MR) is 177 cm³/mol. The van der Waals surface area contributed by atoms with Crippen LogP contribution in [-0.2, 0) is 22.3 Å². The van der Waals surface area contributed by atoms with E-state index >= 15 is 0 Å². The van der Waals surface area contributed by atoms with Crippen molar-refractivity contribution in [3.8, 4) is 17.0 Å². The summed E-state index contributed by atoms with van der Waals surface area (Å²) in [6.07, 6.45) is -0.510. The van der Waals surface area contributed by atoms with Gasteiger partial charge in [0.05, 0.1) is 16.8 Å². The number of hydrogen-bond acceptors (Lipinski definition) is 7. The molecule has 0 aliphatic carbocycles. The SMILES string of the molecule is CC(C)(C)OC(=O)n1c(-c2ccc(O)c3c2C(=O)NC3)cc2cc(CN3CCN(CCO[Si](C)(C)C(C)(C)C)CC3)ccc21. The lowest BCUT2D eigenvalue weighted by atomic mass is 9.99. The number of benzene rings is 2. The number of aromatic nitrogens is 1. The van der Waals surface area contributed by atoms with Crippen LogP contribution >= 0.6 is 0 Å².